The van der Waals surface area contributed by atoms with Crippen molar-refractivity contribution in [1.82, 2.24) is 20.0 Å². The van der Waals surface area contributed by atoms with Gasteiger partial charge < -0.3 is 19.5 Å². The Hall–Kier alpha value is -4.06. The van der Waals surface area contributed by atoms with Gasteiger partial charge in [-0.2, -0.15) is 18.3 Å². The fraction of sp³-hybridized carbons (Fsp3) is 0.393. The standard InChI is InChI=1S/C28H29F3N6O3/c1-17(33-21-13-32-34-26(38)24(21)28(29,30)31)14-35-15-18(16-35)27(39)37-11-9-36(10-12-37)22-7-4-6-20-19-5-2-3-8-23(19)40-25(20)22/h2-8,13,17-18H,9-12,14-16H2,1H3,(H2,33,34,38). The van der Waals surface area contributed by atoms with Gasteiger partial charge in [0.2, 0.25) is 5.91 Å². The number of aromatic nitrogens is 2. The summed E-state index contributed by atoms with van der Waals surface area (Å²) in [5.74, 6) is -0.0267. The van der Waals surface area contributed by atoms with Gasteiger partial charge in [0.15, 0.2) is 5.58 Å². The normalized spacial score (nSPS) is 17.8. The summed E-state index contributed by atoms with van der Waals surface area (Å²) in [5.41, 5.74) is -0.184. The quantitative estimate of drug-likeness (QED) is 0.375. The number of para-hydroxylation sites is 2. The van der Waals surface area contributed by atoms with Gasteiger partial charge in [-0.05, 0) is 19.1 Å². The van der Waals surface area contributed by atoms with Gasteiger partial charge >= 0.3 is 6.18 Å². The van der Waals surface area contributed by atoms with Crippen LogP contribution < -0.4 is 15.8 Å². The number of furan rings is 1. The van der Waals surface area contributed by atoms with E-state index in [0.29, 0.717) is 45.8 Å². The predicted molar refractivity (Wildman–Crippen MR) is 145 cm³/mol. The van der Waals surface area contributed by atoms with Crippen molar-refractivity contribution in [2.45, 2.75) is 19.1 Å². The maximum atomic E-state index is 13.3. The second-order valence-electron chi connectivity index (χ2n) is 10.5. The number of nitrogens with zero attached hydrogens (tertiary/aromatic N) is 4. The van der Waals surface area contributed by atoms with Gasteiger partial charge in [-0.1, -0.05) is 30.3 Å². The number of piperazine rings is 1. The molecular formula is C28H29F3N6O3. The number of H-pyrrole nitrogens is 1. The summed E-state index contributed by atoms with van der Waals surface area (Å²) in [6.07, 6.45) is -3.83. The smallest absolute Gasteiger partial charge is 0.423 e. The lowest BCUT2D eigenvalue weighted by Gasteiger charge is -2.44. The second-order valence-corrected chi connectivity index (χ2v) is 10.5. The second kappa shape index (κ2) is 10.2. The summed E-state index contributed by atoms with van der Waals surface area (Å²) in [7, 11) is 0. The largest absolute Gasteiger partial charge is 0.454 e. The zero-order chi connectivity index (χ0) is 28.0. The van der Waals surface area contributed by atoms with Crippen molar-refractivity contribution in [3.63, 3.8) is 0 Å². The number of hydrogen-bond donors (Lipinski definition) is 2. The average Bonchev–Trinajstić information content (AvgIpc) is 3.28. The highest BCUT2D eigenvalue weighted by Gasteiger charge is 2.39. The Morgan fingerprint density at radius 2 is 1.82 bits per heavy atom. The number of aromatic amines is 1. The Balaban J connectivity index is 1.02. The maximum Gasteiger partial charge on any atom is 0.423 e. The van der Waals surface area contributed by atoms with Gasteiger partial charge in [-0.3, -0.25) is 14.5 Å². The van der Waals surface area contributed by atoms with E-state index in [0.717, 1.165) is 33.8 Å². The Kier molecular flexibility index (Phi) is 6.65. The summed E-state index contributed by atoms with van der Waals surface area (Å²) in [6, 6.07) is 13.8. The molecule has 2 aliphatic heterocycles. The third kappa shape index (κ3) is 4.87. The lowest BCUT2D eigenvalue weighted by Crippen LogP contribution is -2.59. The molecule has 0 bridgehead atoms. The number of amides is 1. The minimum absolute atomic E-state index is 0.108. The molecule has 1 unspecified atom stereocenters. The fourth-order valence-corrected chi connectivity index (χ4v) is 5.77. The summed E-state index contributed by atoms with van der Waals surface area (Å²) in [4.78, 5) is 31.0. The van der Waals surface area contributed by atoms with Crippen molar-refractivity contribution in [1.29, 1.82) is 0 Å². The van der Waals surface area contributed by atoms with Crippen LogP contribution in [0.1, 0.15) is 12.5 Å². The average molecular weight is 555 g/mol. The minimum atomic E-state index is -4.80. The molecule has 1 atom stereocenters. The van der Waals surface area contributed by atoms with Crippen LogP contribution in [0.4, 0.5) is 24.5 Å². The molecule has 12 heteroatoms. The molecule has 2 aromatic heterocycles. The van der Waals surface area contributed by atoms with Gasteiger partial charge in [0.25, 0.3) is 5.56 Å². The Morgan fingerprint density at radius 1 is 1.10 bits per heavy atom. The van der Waals surface area contributed by atoms with Crippen LogP contribution in [0.5, 0.6) is 0 Å². The topological polar surface area (TPSA) is 97.7 Å². The van der Waals surface area contributed by atoms with Crippen LogP contribution in [-0.2, 0) is 11.0 Å². The van der Waals surface area contributed by atoms with Crippen LogP contribution in [0.2, 0.25) is 0 Å². The van der Waals surface area contributed by atoms with E-state index in [1.54, 1.807) is 6.92 Å². The summed E-state index contributed by atoms with van der Waals surface area (Å²) < 4.78 is 46.1. The number of likely N-dealkylation sites (tertiary alicyclic amines) is 1. The number of alkyl halides is 3. The van der Waals surface area contributed by atoms with Crippen LogP contribution >= 0.6 is 0 Å². The van der Waals surface area contributed by atoms with Gasteiger partial charge in [-0.15, -0.1) is 0 Å². The number of hydrogen-bond acceptors (Lipinski definition) is 7. The first-order chi connectivity index (χ1) is 19.2. The third-order valence-corrected chi connectivity index (χ3v) is 7.70. The molecule has 210 valence electrons. The molecule has 2 N–H and O–H groups in total. The first-order valence-corrected chi connectivity index (χ1v) is 13.3. The van der Waals surface area contributed by atoms with E-state index in [-0.39, 0.29) is 23.6 Å². The first kappa shape index (κ1) is 26.2. The fourth-order valence-electron chi connectivity index (χ4n) is 5.77. The number of benzene rings is 2. The zero-order valence-electron chi connectivity index (χ0n) is 21.9. The van der Waals surface area contributed by atoms with Crippen LogP contribution in [0.3, 0.4) is 0 Å². The lowest BCUT2D eigenvalue weighted by molar-refractivity contribution is -0.141. The van der Waals surface area contributed by atoms with Crippen LogP contribution in [0, 0.1) is 5.92 Å². The molecule has 9 nitrogen and oxygen atoms in total. The number of rotatable bonds is 6. The molecule has 0 aliphatic carbocycles. The van der Waals surface area contributed by atoms with Gasteiger partial charge in [0.1, 0.15) is 11.1 Å². The highest BCUT2D eigenvalue weighted by Crippen LogP contribution is 2.36. The zero-order valence-corrected chi connectivity index (χ0v) is 21.9. The molecule has 2 saturated heterocycles. The first-order valence-electron chi connectivity index (χ1n) is 13.3. The van der Waals surface area contributed by atoms with Gasteiger partial charge in [-0.25, -0.2) is 5.10 Å². The van der Waals surface area contributed by atoms with Crippen molar-refractivity contribution in [2.75, 3.05) is 56.0 Å². The van der Waals surface area contributed by atoms with Crippen molar-refractivity contribution in [3.8, 4) is 0 Å². The molecule has 0 saturated carbocycles. The van der Waals surface area contributed by atoms with Gasteiger partial charge in [0, 0.05) is 62.6 Å². The van der Waals surface area contributed by atoms with E-state index in [1.165, 1.54) is 0 Å². The van der Waals surface area contributed by atoms with Gasteiger partial charge in [0.05, 0.1) is 23.5 Å². The third-order valence-electron chi connectivity index (χ3n) is 7.70. The molecule has 0 radical (unpaired) electrons. The molecule has 2 fully saturated rings. The SMILES string of the molecule is CC(CN1CC(C(=O)N2CCN(c3cccc4c3oc3ccccc34)CC2)C1)Nc1cn[nH]c(=O)c1C(F)(F)F. The molecule has 2 aromatic carbocycles. The highest BCUT2D eigenvalue weighted by atomic mass is 19.4. The molecule has 2 aliphatic rings. The molecular weight excluding hydrogens is 525 g/mol. The Labute approximate surface area is 227 Å². The van der Waals surface area contributed by atoms with Crippen molar-refractivity contribution in [2.24, 2.45) is 5.92 Å². The van der Waals surface area contributed by atoms with E-state index in [2.05, 4.69) is 33.5 Å². The van der Waals surface area contributed by atoms with E-state index in [1.807, 2.05) is 39.2 Å². The molecule has 0 spiro atoms. The lowest BCUT2D eigenvalue weighted by atomic mass is 9.97. The Bertz CT molecular complexity index is 1600. The summed E-state index contributed by atoms with van der Waals surface area (Å²) >= 11 is 0. The Morgan fingerprint density at radius 3 is 2.58 bits per heavy atom. The summed E-state index contributed by atoms with van der Waals surface area (Å²) in [6.45, 7) is 5.88. The van der Waals surface area contributed by atoms with Crippen LogP contribution in [0.15, 0.2) is 57.9 Å². The molecule has 4 heterocycles. The number of fused-ring (bicyclic) bond motifs is 3. The number of carbonyl (C=O) groups excluding carboxylic acids is 1. The van der Waals surface area contributed by atoms with Crippen molar-refractivity contribution >= 4 is 39.2 Å². The maximum absolute atomic E-state index is 13.3. The minimum Gasteiger partial charge on any atom is -0.454 e. The van der Waals surface area contributed by atoms with E-state index in [4.69, 9.17) is 4.42 Å². The monoisotopic (exact) mass is 554 g/mol. The molecule has 40 heavy (non-hydrogen) atoms. The van der Waals surface area contributed by atoms with Crippen molar-refractivity contribution in [3.05, 3.63) is 64.6 Å². The molecule has 1 amide bonds. The van der Waals surface area contributed by atoms with Crippen molar-refractivity contribution < 1.29 is 22.4 Å². The van der Waals surface area contributed by atoms with E-state index < -0.39 is 17.3 Å². The molecule has 4 aromatic rings. The van der Waals surface area contributed by atoms with Crippen LogP contribution in [-0.4, -0.2) is 77.8 Å². The van der Waals surface area contributed by atoms with E-state index in [9.17, 15) is 22.8 Å². The number of halogens is 3. The van der Waals surface area contributed by atoms with Crippen LogP contribution in [0.25, 0.3) is 21.9 Å². The predicted octanol–water partition coefficient (Wildman–Crippen LogP) is 3.77. The molecule has 6 rings (SSSR count). The van der Waals surface area contributed by atoms with E-state index >= 15 is 0 Å². The number of nitrogens with one attached hydrogen (secondary N) is 2. The number of anilines is 2. The summed E-state index contributed by atoms with van der Waals surface area (Å²) in [5, 5.41) is 10.2. The highest BCUT2D eigenvalue weighted by molar-refractivity contribution is 6.08. The number of carbonyl (C=O) groups is 1.